The van der Waals surface area contributed by atoms with Gasteiger partial charge in [-0.1, -0.05) is 97.1 Å². The summed E-state index contributed by atoms with van der Waals surface area (Å²) in [4.78, 5) is 21.9. The van der Waals surface area contributed by atoms with Crippen molar-refractivity contribution in [1.82, 2.24) is 14.8 Å². The Bertz CT molecular complexity index is 6700. The van der Waals surface area contributed by atoms with Crippen molar-refractivity contribution in [2.75, 3.05) is 60.3 Å². The van der Waals surface area contributed by atoms with E-state index in [2.05, 4.69) is 291 Å². The Morgan fingerprint density at radius 3 is 0.943 bits per heavy atom. The molecule has 0 saturated carbocycles. The fourth-order valence-corrected chi connectivity index (χ4v) is 18.0. The fraction of sp³-hybridized carbons (Fsp3) is 0.0303. The number of nitrogens with zero attached hydrogens (tertiary/aromatic N) is 11. The Morgan fingerprint density at radius 1 is 0.270 bits per heavy atom. The van der Waals surface area contributed by atoms with Crippen LogP contribution in [0.2, 0.25) is 0 Å². The van der Waals surface area contributed by atoms with Gasteiger partial charge in [-0.15, -0.1) is 147 Å². The molecular weight excluding hydrogens is 2060 g/mol. The van der Waals surface area contributed by atoms with Gasteiger partial charge in [-0.25, -0.2) is 0 Å². The first-order chi connectivity index (χ1) is 58.7. The van der Waals surface area contributed by atoms with E-state index in [1.807, 2.05) is 132 Å². The summed E-state index contributed by atoms with van der Waals surface area (Å²) < 4.78 is 40.3. The number of pyridine rings is 1. The second kappa shape index (κ2) is 30.6. The van der Waals surface area contributed by atoms with Crippen LogP contribution in [0, 0.1) is 63.1 Å². The summed E-state index contributed by atoms with van der Waals surface area (Å²) in [6.07, 6.45) is 5.49. The minimum absolute atomic E-state index is 0. The van der Waals surface area contributed by atoms with Gasteiger partial charge in [-0.05, 0) is 142 Å². The predicted molar refractivity (Wildman–Crippen MR) is 471 cm³/mol. The first-order valence-electron chi connectivity index (χ1n) is 39.4. The zero-order valence-corrected chi connectivity index (χ0v) is 72.0. The number of para-hydroxylation sites is 9. The molecule has 26 rings (SSSR count). The molecule has 12 heterocycles. The molecule has 0 N–H and O–H groups in total. The predicted octanol–water partition coefficient (Wildman–Crippen LogP) is 15.8. The van der Waals surface area contributed by atoms with Gasteiger partial charge in [-0.3, -0.25) is 4.68 Å². The van der Waals surface area contributed by atoms with Crippen molar-refractivity contribution in [3.05, 3.63) is 361 Å². The van der Waals surface area contributed by atoms with Gasteiger partial charge in [0, 0.05) is 163 Å². The van der Waals surface area contributed by atoms with E-state index in [0.29, 0.717) is 0 Å². The number of hydrogen-bond acceptors (Lipinski definition) is 16. The third-order valence-corrected chi connectivity index (χ3v) is 23.4. The zero-order valence-electron chi connectivity index (χ0n) is 65.1. The molecule has 14 aromatic carbocycles. The van der Waals surface area contributed by atoms with E-state index in [1.54, 1.807) is 12.4 Å². The van der Waals surface area contributed by atoms with Crippen molar-refractivity contribution < 1.29 is 91.6 Å². The molecule has 10 aliphatic heterocycles. The van der Waals surface area contributed by atoms with E-state index < -0.39 is 0 Å². The number of benzene rings is 14. The van der Waals surface area contributed by atoms with E-state index in [9.17, 15) is 0 Å². The van der Waals surface area contributed by atoms with Gasteiger partial charge in [0.15, 0.2) is 0 Å². The maximum Gasteiger partial charge on any atom is 4.00 e. The third kappa shape index (κ3) is 12.5. The van der Waals surface area contributed by atoms with Crippen LogP contribution in [0.25, 0.3) is 16.9 Å². The summed E-state index contributed by atoms with van der Waals surface area (Å²) in [5.74, 6) is 9.54. The molecule has 594 valence electrons. The van der Waals surface area contributed by atoms with Gasteiger partial charge in [0.1, 0.15) is 34.5 Å². The van der Waals surface area contributed by atoms with Crippen molar-refractivity contribution in [2.24, 2.45) is 0 Å². The number of ether oxygens (including phenoxy) is 6. The standard InChI is InChI=1S/C34H23BN4O2.C34H20BN4O2.C31H19BN3O2.3Pt/c1-36-20-38(28-10-5-3-8-26(28)36)22-14-16-30-24(18-22)35-25-19-23(39-21-37(2)27-9-4-6-11-29(27)39)15-17-31(25)41-33-13-7-12-32(40-30)34(33)35;1-2-8-23(9-3-1)37-22-38(29-11-5-4-10-28(29)37)24-14-16-30-26(20-24)35-27-21-25(39-19-7-18-36-39)15-17-31(27)41-33-13-6-12-32(40-30)34(33)35;1-34-19-35(26-9-3-2-8-25(26)34)21-13-15-28-23(18-21)32-22-17-20(24-7-4-5-16-33-24)12-14-27(22)36-29-10-6-11-30(37-28)31(29)32;;;/h3-17,20-21H,1-2H3;1-19,22H;2-16,19H,1H3;;;/q-4;2*-3;;;+4. The largest absolute Gasteiger partial charge is 4.00 e. The Kier molecular flexibility index (Phi) is 19.1. The Morgan fingerprint density at radius 2 is 0.582 bits per heavy atom. The van der Waals surface area contributed by atoms with Crippen LogP contribution in [0.1, 0.15) is 0 Å². The van der Waals surface area contributed by atoms with Crippen LogP contribution in [0.5, 0.6) is 69.0 Å². The molecule has 10 aliphatic rings. The molecule has 0 unspecified atom stereocenters. The molecule has 2 aromatic heterocycles. The van der Waals surface area contributed by atoms with Crippen molar-refractivity contribution >= 4 is 143 Å². The summed E-state index contributed by atoms with van der Waals surface area (Å²) in [5.41, 5.74) is 25.4. The van der Waals surface area contributed by atoms with E-state index in [1.165, 1.54) is 0 Å². The van der Waals surface area contributed by atoms with E-state index in [0.717, 1.165) is 209 Å². The summed E-state index contributed by atoms with van der Waals surface area (Å²) in [6.45, 7) is 8.00. The van der Waals surface area contributed by atoms with Gasteiger partial charge in [0.25, 0.3) is 0 Å². The van der Waals surface area contributed by atoms with Crippen molar-refractivity contribution in [2.45, 2.75) is 0 Å². The maximum absolute atomic E-state index is 6.45. The molecule has 0 amide bonds. The SMILES string of the molecule is CN1[CH-]N(c2[c-]c3c(cc2)Oc2cccc4c2B3c2[c-]c(-c3ccccn3)ccc2O4)c2ccccc21.CN1[CH-]N(c2[c-]c3c(cc2)Oc2cccc4c2B3c2[c-]c(N3[CH-]N(C)c5ccccc53)ccc2O4)c2ccccc21.[Pt+4].[Pt].[Pt].[c-]1c(N2[CH-]N(c3ccccc3)c3ccccc32)ccc2c1B1c3[c-]c(-n4cccn4)ccc3Oc3cccc(c31)O2. The molecule has 0 atom stereocenters. The van der Waals surface area contributed by atoms with E-state index in [4.69, 9.17) is 28.4 Å². The number of hydrogen-bond donors (Lipinski definition) is 0. The molecule has 0 radical (unpaired) electrons. The van der Waals surface area contributed by atoms with Crippen LogP contribution < -0.4 is 117 Å². The van der Waals surface area contributed by atoms with Crippen molar-refractivity contribution in [3.63, 3.8) is 0 Å². The first-order valence-corrected chi connectivity index (χ1v) is 39.4. The van der Waals surface area contributed by atoms with Crippen LogP contribution in [0.3, 0.4) is 0 Å². The third-order valence-electron chi connectivity index (χ3n) is 23.4. The van der Waals surface area contributed by atoms with Crippen LogP contribution in [0.15, 0.2) is 298 Å². The minimum Gasteiger partial charge on any atom is -0.518 e. The summed E-state index contributed by atoms with van der Waals surface area (Å²) in [5, 5.41) is 4.42. The van der Waals surface area contributed by atoms with Crippen LogP contribution in [-0.2, 0) is 63.2 Å². The molecule has 0 spiro atoms. The van der Waals surface area contributed by atoms with E-state index in [-0.39, 0.29) is 83.3 Å². The fourth-order valence-electron chi connectivity index (χ4n) is 18.0. The average molecular weight is 2120 g/mol. The van der Waals surface area contributed by atoms with Gasteiger partial charge < -0.3 is 72.6 Å². The topological polar surface area (TPSA) is 112 Å². The molecule has 0 saturated heterocycles. The molecule has 0 aliphatic carbocycles. The molecule has 16 aromatic rings. The normalized spacial score (nSPS) is 14.2. The Hall–Kier alpha value is -13.1. The first kappa shape index (κ1) is 76.3. The monoisotopic (exact) mass is 2120 g/mol. The smallest absolute Gasteiger partial charge is 0.518 e. The number of aromatic nitrogens is 3. The minimum atomic E-state index is -0.160. The van der Waals surface area contributed by atoms with Crippen molar-refractivity contribution in [3.8, 4) is 85.9 Å². The number of anilines is 13. The second-order valence-electron chi connectivity index (χ2n) is 30.3. The van der Waals surface area contributed by atoms with Gasteiger partial charge in [0.05, 0.1) is 0 Å². The van der Waals surface area contributed by atoms with E-state index >= 15 is 0 Å². The van der Waals surface area contributed by atoms with Crippen molar-refractivity contribution in [1.29, 1.82) is 0 Å². The van der Waals surface area contributed by atoms with Gasteiger partial charge in [0.2, 0.25) is 20.1 Å². The van der Waals surface area contributed by atoms with Crippen LogP contribution >= 0.6 is 0 Å². The number of fused-ring (bicyclic) bond motifs is 16. The van der Waals surface area contributed by atoms with Gasteiger partial charge >= 0.3 is 21.1 Å². The number of rotatable bonds is 7. The summed E-state index contributed by atoms with van der Waals surface area (Å²) in [7, 11) is 6.20. The Labute approximate surface area is 750 Å². The summed E-state index contributed by atoms with van der Waals surface area (Å²) >= 11 is 0. The molecule has 0 fully saturated rings. The van der Waals surface area contributed by atoms with Gasteiger partial charge in [-0.2, -0.15) is 55.4 Å². The van der Waals surface area contributed by atoms with Crippen LogP contribution in [0.4, 0.5) is 73.9 Å². The average Bonchev–Trinajstić information content (AvgIpc) is 0.787. The Balaban J connectivity index is 0.000000112. The second-order valence-corrected chi connectivity index (χ2v) is 30.3. The summed E-state index contributed by atoms with van der Waals surface area (Å²) in [6, 6.07) is 117. The zero-order chi connectivity index (χ0) is 78.7. The quantitative estimate of drug-likeness (QED) is 0.111. The molecule has 17 nitrogen and oxygen atoms in total. The maximum atomic E-state index is 6.45. The molecule has 23 heteroatoms. The molecule has 0 bridgehead atoms. The molecular formula is C99H62B3N11O6Pt3-6. The molecule has 122 heavy (non-hydrogen) atoms. The van der Waals surface area contributed by atoms with Crippen LogP contribution in [-0.4, -0.2) is 56.0 Å².